The number of aryl methyl sites for hydroxylation is 1. The maximum absolute atomic E-state index is 12.8. The van der Waals surface area contributed by atoms with E-state index in [-0.39, 0.29) is 17.1 Å². The van der Waals surface area contributed by atoms with Crippen molar-refractivity contribution >= 4 is 23.6 Å². The molecule has 0 radical (unpaired) electrons. The SMILES string of the molecule is CCn1c(SC(C)C(=O)N2CCN(C(C)=O)CC2)nnc1-c1cccc(C)c1. The van der Waals surface area contributed by atoms with Gasteiger partial charge < -0.3 is 14.4 Å². The highest BCUT2D eigenvalue weighted by Gasteiger charge is 2.27. The molecule has 0 N–H and O–H groups in total. The fourth-order valence-corrected chi connectivity index (χ4v) is 4.36. The Morgan fingerprint density at radius 3 is 2.43 bits per heavy atom. The third-order valence-electron chi connectivity index (χ3n) is 4.98. The summed E-state index contributed by atoms with van der Waals surface area (Å²) >= 11 is 1.44. The number of carbonyl (C=O) groups is 2. The second kappa shape index (κ2) is 8.77. The van der Waals surface area contributed by atoms with E-state index in [2.05, 4.69) is 40.7 Å². The van der Waals surface area contributed by atoms with Gasteiger partial charge >= 0.3 is 0 Å². The van der Waals surface area contributed by atoms with E-state index in [1.165, 1.54) is 17.3 Å². The summed E-state index contributed by atoms with van der Waals surface area (Å²) in [4.78, 5) is 27.9. The van der Waals surface area contributed by atoms with Gasteiger partial charge in [-0.3, -0.25) is 9.59 Å². The van der Waals surface area contributed by atoms with Gasteiger partial charge in [-0.25, -0.2) is 0 Å². The molecular formula is C20H27N5O2S. The maximum Gasteiger partial charge on any atom is 0.236 e. The first-order chi connectivity index (χ1) is 13.4. The first kappa shape index (κ1) is 20.4. The number of aromatic nitrogens is 3. The van der Waals surface area contributed by atoms with Crippen molar-refractivity contribution in [3.63, 3.8) is 0 Å². The van der Waals surface area contributed by atoms with Crippen molar-refractivity contribution in [3.8, 4) is 11.4 Å². The summed E-state index contributed by atoms with van der Waals surface area (Å²) < 4.78 is 2.05. The van der Waals surface area contributed by atoms with E-state index in [9.17, 15) is 9.59 Å². The lowest BCUT2D eigenvalue weighted by Crippen LogP contribution is -2.51. The molecule has 1 aromatic heterocycles. The summed E-state index contributed by atoms with van der Waals surface area (Å²) in [6, 6.07) is 8.19. The van der Waals surface area contributed by atoms with Crippen LogP contribution in [0, 0.1) is 6.92 Å². The first-order valence-electron chi connectivity index (χ1n) is 9.62. The molecule has 1 atom stereocenters. The fourth-order valence-electron chi connectivity index (χ4n) is 3.37. The number of piperazine rings is 1. The summed E-state index contributed by atoms with van der Waals surface area (Å²) in [5.74, 6) is 0.966. The molecule has 1 saturated heterocycles. The monoisotopic (exact) mass is 401 g/mol. The molecule has 1 aliphatic rings. The van der Waals surface area contributed by atoms with Crippen molar-refractivity contribution in [2.75, 3.05) is 26.2 Å². The molecule has 1 fully saturated rings. The number of hydrogen-bond donors (Lipinski definition) is 0. The van der Waals surface area contributed by atoms with Gasteiger partial charge in [0.1, 0.15) is 0 Å². The van der Waals surface area contributed by atoms with Crippen molar-refractivity contribution in [2.24, 2.45) is 0 Å². The van der Waals surface area contributed by atoms with Crippen molar-refractivity contribution in [1.82, 2.24) is 24.6 Å². The van der Waals surface area contributed by atoms with Crippen LogP contribution in [0.15, 0.2) is 29.4 Å². The van der Waals surface area contributed by atoms with Gasteiger partial charge in [-0.15, -0.1) is 10.2 Å². The Morgan fingerprint density at radius 1 is 1.14 bits per heavy atom. The Kier molecular flexibility index (Phi) is 6.39. The van der Waals surface area contributed by atoms with E-state index >= 15 is 0 Å². The van der Waals surface area contributed by atoms with Gasteiger partial charge in [-0.1, -0.05) is 35.5 Å². The minimum Gasteiger partial charge on any atom is -0.339 e. The third kappa shape index (κ3) is 4.38. The van der Waals surface area contributed by atoms with Crippen LogP contribution in [0.1, 0.15) is 26.3 Å². The zero-order valence-electron chi connectivity index (χ0n) is 16.9. The molecule has 28 heavy (non-hydrogen) atoms. The van der Waals surface area contributed by atoms with Gasteiger partial charge in [0.05, 0.1) is 5.25 Å². The van der Waals surface area contributed by atoms with E-state index in [4.69, 9.17) is 0 Å². The molecule has 0 saturated carbocycles. The quantitative estimate of drug-likeness (QED) is 0.720. The molecule has 0 spiro atoms. The second-order valence-electron chi connectivity index (χ2n) is 7.01. The molecule has 1 unspecified atom stereocenters. The summed E-state index contributed by atoms with van der Waals surface area (Å²) in [5, 5.41) is 9.22. The Labute approximate surface area is 170 Å². The van der Waals surface area contributed by atoms with Crippen LogP contribution in [0.4, 0.5) is 0 Å². The van der Waals surface area contributed by atoms with E-state index in [0.29, 0.717) is 26.2 Å². The van der Waals surface area contributed by atoms with Crippen molar-refractivity contribution < 1.29 is 9.59 Å². The Hall–Kier alpha value is -2.35. The van der Waals surface area contributed by atoms with Gasteiger partial charge in [0.25, 0.3) is 0 Å². The number of carbonyl (C=O) groups excluding carboxylic acids is 2. The Balaban J connectivity index is 1.70. The standard InChI is InChI=1S/C20H27N5O2S/c1-5-25-18(17-8-6-7-14(2)13-17)21-22-20(25)28-15(3)19(27)24-11-9-23(10-12-24)16(4)26/h6-8,13,15H,5,9-12H2,1-4H3. The molecule has 0 bridgehead atoms. The maximum atomic E-state index is 12.8. The largest absolute Gasteiger partial charge is 0.339 e. The van der Waals surface area contributed by atoms with Crippen LogP contribution >= 0.6 is 11.8 Å². The average Bonchev–Trinajstić information content (AvgIpc) is 3.09. The van der Waals surface area contributed by atoms with Crippen LogP contribution < -0.4 is 0 Å². The van der Waals surface area contributed by atoms with Gasteiger partial charge in [-0.2, -0.15) is 0 Å². The smallest absolute Gasteiger partial charge is 0.236 e. The summed E-state index contributed by atoms with van der Waals surface area (Å²) in [6.45, 7) is 10.7. The number of nitrogens with zero attached hydrogens (tertiary/aromatic N) is 5. The molecule has 8 heteroatoms. The predicted octanol–water partition coefficient (Wildman–Crippen LogP) is 2.44. The lowest BCUT2D eigenvalue weighted by molar-refractivity contribution is -0.137. The Morgan fingerprint density at radius 2 is 1.82 bits per heavy atom. The van der Waals surface area contributed by atoms with Gasteiger partial charge in [0.15, 0.2) is 11.0 Å². The van der Waals surface area contributed by atoms with Crippen molar-refractivity contribution in [1.29, 1.82) is 0 Å². The molecule has 2 amide bonds. The summed E-state index contributed by atoms with van der Waals surface area (Å²) in [7, 11) is 0. The number of amides is 2. The molecule has 2 heterocycles. The van der Waals surface area contributed by atoms with Crippen LogP contribution in [0.5, 0.6) is 0 Å². The molecule has 2 aromatic rings. The third-order valence-corrected chi connectivity index (χ3v) is 6.04. The first-order valence-corrected chi connectivity index (χ1v) is 10.5. The number of rotatable bonds is 5. The highest BCUT2D eigenvalue weighted by molar-refractivity contribution is 8.00. The lowest BCUT2D eigenvalue weighted by Gasteiger charge is -2.35. The zero-order chi connectivity index (χ0) is 20.3. The Bertz CT molecular complexity index is 858. The summed E-state index contributed by atoms with van der Waals surface area (Å²) in [5.41, 5.74) is 2.20. The minimum absolute atomic E-state index is 0.0641. The van der Waals surface area contributed by atoms with Crippen molar-refractivity contribution in [3.05, 3.63) is 29.8 Å². The fraction of sp³-hybridized carbons (Fsp3) is 0.500. The predicted molar refractivity (Wildman–Crippen MR) is 110 cm³/mol. The highest BCUT2D eigenvalue weighted by atomic mass is 32.2. The highest BCUT2D eigenvalue weighted by Crippen LogP contribution is 2.28. The normalized spacial score (nSPS) is 15.6. The van der Waals surface area contributed by atoms with Gasteiger partial charge in [0.2, 0.25) is 11.8 Å². The second-order valence-corrected chi connectivity index (χ2v) is 8.32. The average molecular weight is 402 g/mol. The number of hydrogen-bond acceptors (Lipinski definition) is 5. The molecule has 3 rings (SSSR count). The van der Waals surface area contributed by atoms with Crippen LogP contribution in [0.2, 0.25) is 0 Å². The van der Waals surface area contributed by atoms with E-state index in [1.54, 1.807) is 11.8 Å². The molecule has 0 aliphatic carbocycles. The molecule has 150 valence electrons. The number of thioether (sulfide) groups is 1. The summed E-state index contributed by atoms with van der Waals surface area (Å²) in [6.07, 6.45) is 0. The minimum atomic E-state index is -0.260. The van der Waals surface area contributed by atoms with Crippen molar-refractivity contribution in [2.45, 2.75) is 44.6 Å². The molecular weight excluding hydrogens is 374 g/mol. The van der Waals surface area contributed by atoms with Crippen LogP contribution in [0.25, 0.3) is 11.4 Å². The topological polar surface area (TPSA) is 71.3 Å². The van der Waals surface area contributed by atoms with E-state index < -0.39 is 0 Å². The number of benzene rings is 1. The van der Waals surface area contributed by atoms with Crippen LogP contribution in [0.3, 0.4) is 0 Å². The molecule has 7 nitrogen and oxygen atoms in total. The molecule has 1 aliphatic heterocycles. The zero-order valence-corrected chi connectivity index (χ0v) is 17.7. The molecule has 1 aromatic carbocycles. The van der Waals surface area contributed by atoms with Gasteiger partial charge in [-0.05, 0) is 26.8 Å². The van der Waals surface area contributed by atoms with Crippen LogP contribution in [-0.2, 0) is 16.1 Å². The lowest BCUT2D eigenvalue weighted by atomic mass is 10.1. The van der Waals surface area contributed by atoms with E-state index in [1.807, 2.05) is 24.0 Å². The van der Waals surface area contributed by atoms with Crippen LogP contribution in [-0.4, -0.2) is 67.8 Å². The van der Waals surface area contributed by atoms with Gasteiger partial charge in [0, 0.05) is 45.2 Å². The van der Waals surface area contributed by atoms with E-state index in [0.717, 1.165) is 23.1 Å².